The number of allylic oxidation sites excluding steroid dienone is 1. The van der Waals surface area contributed by atoms with Gasteiger partial charge in [0.15, 0.2) is 5.78 Å². The number of carbonyl (C=O) groups excluding carboxylic acids is 1. The number of rotatable bonds is 6. The number of aryl methyl sites for hydroxylation is 2. The highest BCUT2D eigenvalue weighted by Gasteiger charge is 1.98. The standard InChI is InChI=1S/C12H16O2.C12H14O2/c2*1-9-8-12(14-3)7-6-11(9)5-4-10(2)13/h4-8,10,13H,1-3H3;4-8H,1-3H3/b2*5-4+. The third-order valence-electron chi connectivity index (χ3n) is 4.01. The minimum absolute atomic E-state index is 0.0558. The first-order chi connectivity index (χ1) is 13.3. The van der Waals surface area contributed by atoms with Gasteiger partial charge in [0.1, 0.15) is 11.5 Å². The van der Waals surface area contributed by atoms with E-state index in [1.807, 2.05) is 62.4 Å². The van der Waals surface area contributed by atoms with Crippen LogP contribution in [0.15, 0.2) is 48.6 Å². The van der Waals surface area contributed by atoms with Gasteiger partial charge >= 0.3 is 0 Å². The topological polar surface area (TPSA) is 55.8 Å². The molecule has 4 nitrogen and oxygen atoms in total. The van der Waals surface area contributed by atoms with E-state index in [0.717, 1.165) is 33.8 Å². The zero-order valence-corrected chi connectivity index (χ0v) is 17.5. The van der Waals surface area contributed by atoms with E-state index in [1.165, 1.54) is 6.92 Å². The first kappa shape index (κ1) is 23.2. The Kier molecular flexibility index (Phi) is 9.75. The van der Waals surface area contributed by atoms with Crippen LogP contribution in [0.4, 0.5) is 0 Å². The summed E-state index contributed by atoms with van der Waals surface area (Å²) >= 11 is 0. The van der Waals surface area contributed by atoms with Crippen LogP contribution in [0.25, 0.3) is 12.2 Å². The monoisotopic (exact) mass is 382 g/mol. The molecule has 2 aromatic carbocycles. The van der Waals surface area contributed by atoms with Gasteiger partial charge in [-0.25, -0.2) is 0 Å². The second-order valence-corrected chi connectivity index (χ2v) is 6.49. The van der Waals surface area contributed by atoms with E-state index in [1.54, 1.807) is 33.3 Å². The van der Waals surface area contributed by atoms with Crippen LogP contribution in [0.5, 0.6) is 11.5 Å². The van der Waals surface area contributed by atoms with Crippen LogP contribution in [-0.2, 0) is 4.79 Å². The zero-order chi connectivity index (χ0) is 21.1. The van der Waals surface area contributed by atoms with E-state index >= 15 is 0 Å². The highest BCUT2D eigenvalue weighted by atomic mass is 16.5. The van der Waals surface area contributed by atoms with E-state index in [0.29, 0.717) is 0 Å². The smallest absolute Gasteiger partial charge is 0.152 e. The number of benzene rings is 2. The van der Waals surface area contributed by atoms with Crippen molar-refractivity contribution in [1.82, 2.24) is 0 Å². The number of methoxy groups -OCH3 is 2. The van der Waals surface area contributed by atoms with Crippen molar-refractivity contribution in [3.05, 3.63) is 70.8 Å². The Morgan fingerprint density at radius 2 is 1.39 bits per heavy atom. The van der Waals surface area contributed by atoms with Crippen LogP contribution in [0.1, 0.15) is 36.1 Å². The second-order valence-electron chi connectivity index (χ2n) is 6.49. The fourth-order valence-electron chi connectivity index (χ4n) is 2.37. The molecule has 0 fully saturated rings. The molecule has 2 aromatic rings. The highest BCUT2D eigenvalue weighted by Crippen LogP contribution is 2.18. The molecule has 0 aliphatic rings. The van der Waals surface area contributed by atoms with Crippen LogP contribution in [0.2, 0.25) is 0 Å². The normalized spacial score (nSPS) is 11.8. The number of ether oxygens (including phenoxy) is 2. The minimum Gasteiger partial charge on any atom is -0.497 e. The summed E-state index contributed by atoms with van der Waals surface area (Å²) in [4.78, 5) is 10.7. The van der Waals surface area contributed by atoms with Gasteiger partial charge in [0.2, 0.25) is 0 Å². The van der Waals surface area contributed by atoms with Crippen molar-refractivity contribution < 1.29 is 19.4 Å². The lowest BCUT2D eigenvalue weighted by atomic mass is 10.1. The molecule has 0 radical (unpaired) electrons. The molecule has 0 heterocycles. The summed E-state index contributed by atoms with van der Waals surface area (Å²) in [6, 6.07) is 11.6. The summed E-state index contributed by atoms with van der Waals surface area (Å²) in [7, 11) is 3.29. The number of aliphatic hydroxyl groups is 1. The lowest BCUT2D eigenvalue weighted by Gasteiger charge is -2.04. The largest absolute Gasteiger partial charge is 0.497 e. The lowest BCUT2D eigenvalue weighted by molar-refractivity contribution is -0.112. The molecule has 0 saturated heterocycles. The molecule has 2 rings (SSSR count). The molecule has 4 heteroatoms. The van der Waals surface area contributed by atoms with E-state index in [9.17, 15) is 4.79 Å². The fourth-order valence-corrected chi connectivity index (χ4v) is 2.37. The molecule has 0 spiro atoms. The van der Waals surface area contributed by atoms with Gasteiger partial charge in [-0.05, 0) is 80.3 Å². The van der Waals surface area contributed by atoms with E-state index in [-0.39, 0.29) is 5.78 Å². The Balaban J connectivity index is 0.000000280. The Bertz CT molecular complexity index is 832. The predicted octanol–water partition coefficient (Wildman–Crippen LogP) is 5.00. The third kappa shape index (κ3) is 8.23. The van der Waals surface area contributed by atoms with Gasteiger partial charge in [0, 0.05) is 0 Å². The molecule has 0 aliphatic heterocycles. The molecule has 0 amide bonds. The van der Waals surface area contributed by atoms with Gasteiger partial charge in [0.05, 0.1) is 20.3 Å². The van der Waals surface area contributed by atoms with Crippen molar-refractivity contribution in [1.29, 1.82) is 0 Å². The second kappa shape index (κ2) is 11.8. The van der Waals surface area contributed by atoms with Crippen LogP contribution in [0, 0.1) is 13.8 Å². The van der Waals surface area contributed by atoms with Crippen molar-refractivity contribution in [2.45, 2.75) is 33.8 Å². The van der Waals surface area contributed by atoms with E-state index < -0.39 is 6.10 Å². The van der Waals surface area contributed by atoms with E-state index in [2.05, 4.69) is 0 Å². The molecule has 0 saturated carbocycles. The van der Waals surface area contributed by atoms with Crippen molar-refractivity contribution >= 4 is 17.9 Å². The summed E-state index contributed by atoms with van der Waals surface area (Å²) in [5.41, 5.74) is 4.39. The third-order valence-corrected chi connectivity index (χ3v) is 4.01. The maximum absolute atomic E-state index is 10.7. The van der Waals surface area contributed by atoms with Crippen LogP contribution in [-0.4, -0.2) is 31.2 Å². The summed E-state index contributed by atoms with van der Waals surface area (Å²) < 4.78 is 10.2. The van der Waals surface area contributed by atoms with Crippen LogP contribution in [0.3, 0.4) is 0 Å². The number of aliphatic hydroxyl groups excluding tert-OH is 1. The van der Waals surface area contributed by atoms with Gasteiger partial charge in [0.25, 0.3) is 0 Å². The molecule has 0 aliphatic carbocycles. The first-order valence-electron chi connectivity index (χ1n) is 9.11. The van der Waals surface area contributed by atoms with Gasteiger partial charge in [-0.3, -0.25) is 4.79 Å². The Labute approximate surface area is 168 Å². The molecule has 28 heavy (non-hydrogen) atoms. The number of hydrogen-bond donors (Lipinski definition) is 1. The molecular weight excluding hydrogens is 352 g/mol. The summed E-state index contributed by atoms with van der Waals surface area (Å²) in [6.45, 7) is 7.28. The van der Waals surface area contributed by atoms with E-state index in [4.69, 9.17) is 14.6 Å². The van der Waals surface area contributed by atoms with Gasteiger partial charge < -0.3 is 14.6 Å². The zero-order valence-electron chi connectivity index (χ0n) is 17.5. The van der Waals surface area contributed by atoms with Crippen LogP contribution < -0.4 is 9.47 Å². The Morgan fingerprint density at radius 3 is 1.75 bits per heavy atom. The average molecular weight is 383 g/mol. The van der Waals surface area contributed by atoms with Gasteiger partial charge in [-0.2, -0.15) is 0 Å². The maximum atomic E-state index is 10.7. The molecule has 150 valence electrons. The number of ketones is 1. The highest BCUT2D eigenvalue weighted by molar-refractivity contribution is 5.91. The van der Waals surface area contributed by atoms with Gasteiger partial charge in [-0.15, -0.1) is 0 Å². The molecular formula is C24H30O4. The van der Waals surface area contributed by atoms with Crippen molar-refractivity contribution in [2.24, 2.45) is 0 Å². The molecule has 1 atom stereocenters. The summed E-state index contributed by atoms with van der Waals surface area (Å²) in [6.07, 6.45) is 6.65. The number of hydrogen-bond acceptors (Lipinski definition) is 4. The lowest BCUT2D eigenvalue weighted by Crippen LogP contribution is -1.92. The van der Waals surface area contributed by atoms with Crippen molar-refractivity contribution in [3.63, 3.8) is 0 Å². The molecule has 0 bridgehead atoms. The maximum Gasteiger partial charge on any atom is 0.152 e. The minimum atomic E-state index is -0.406. The number of carbonyl (C=O) groups is 1. The first-order valence-corrected chi connectivity index (χ1v) is 9.11. The summed E-state index contributed by atoms with van der Waals surface area (Å²) in [5.74, 6) is 1.75. The SMILES string of the molecule is COc1ccc(/C=C/C(C)=O)c(C)c1.COc1ccc(/C=C/C(C)O)c(C)c1. The van der Waals surface area contributed by atoms with Crippen molar-refractivity contribution in [3.8, 4) is 11.5 Å². The Hall–Kier alpha value is -2.85. The quantitative estimate of drug-likeness (QED) is 0.714. The fraction of sp³-hybridized carbons (Fsp3) is 0.292. The molecule has 1 N–H and O–H groups in total. The predicted molar refractivity (Wildman–Crippen MR) is 116 cm³/mol. The average Bonchev–Trinajstić information content (AvgIpc) is 2.66. The van der Waals surface area contributed by atoms with Gasteiger partial charge in [-0.1, -0.05) is 30.4 Å². The van der Waals surface area contributed by atoms with Crippen molar-refractivity contribution in [2.75, 3.05) is 14.2 Å². The molecule has 0 aromatic heterocycles. The van der Waals surface area contributed by atoms with Crippen LogP contribution >= 0.6 is 0 Å². The summed E-state index contributed by atoms with van der Waals surface area (Å²) in [5, 5.41) is 9.09. The molecule has 1 unspecified atom stereocenters. The Morgan fingerprint density at radius 1 is 0.929 bits per heavy atom.